The van der Waals surface area contributed by atoms with Crippen LogP contribution in [0, 0.1) is 5.92 Å². The van der Waals surface area contributed by atoms with Crippen LogP contribution in [0.4, 0.5) is 5.69 Å². The molecule has 0 aliphatic carbocycles. The van der Waals surface area contributed by atoms with Crippen LogP contribution >= 0.6 is 0 Å². The van der Waals surface area contributed by atoms with E-state index in [0.717, 1.165) is 13.0 Å². The minimum atomic E-state index is -0.0415. The van der Waals surface area contributed by atoms with E-state index >= 15 is 0 Å². The van der Waals surface area contributed by atoms with E-state index in [1.54, 1.807) is 24.2 Å². The Bertz CT molecular complexity index is 365. The second-order valence-corrected chi connectivity index (χ2v) is 4.16. The fraction of sp³-hybridized carbons (Fsp3) is 0.500. The Morgan fingerprint density at radius 3 is 2.88 bits per heavy atom. The first-order chi connectivity index (χ1) is 7.56. The molecule has 1 unspecified atom stereocenters. The summed E-state index contributed by atoms with van der Waals surface area (Å²) in [5.74, 6) is 0.456. The van der Waals surface area contributed by atoms with Gasteiger partial charge in [-0.15, -0.1) is 0 Å². The molecule has 1 rings (SSSR count). The van der Waals surface area contributed by atoms with Crippen LogP contribution < -0.4 is 5.73 Å². The molecule has 1 atom stereocenters. The van der Waals surface area contributed by atoms with Crippen molar-refractivity contribution in [3.63, 3.8) is 0 Å². The Morgan fingerprint density at radius 2 is 2.31 bits per heavy atom. The average molecular weight is 221 g/mol. The van der Waals surface area contributed by atoms with E-state index in [1.807, 2.05) is 0 Å². The first kappa shape index (κ1) is 12.5. The van der Waals surface area contributed by atoms with Gasteiger partial charge in [0.1, 0.15) is 0 Å². The molecule has 16 heavy (non-hydrogen) atoms. The molecule has 1 heterocycles. The minimum Gasteiger partial charge on any atom is -0.397 e. The number of hydrogen-bond acceptors (Lipinski definition) is 3. The topological polar surface area (TPSA) is 59.2 Å². The number of carbonyl (C=O) groups is 1. The zero-order chi connectivity index (χ0) is 12.1. The second kappa shape index (κ2) is 5.49. The van der Waals surface area contributed by atoms with Crippen LogP contribution in [0.2, 0.25) is 0 Å². The van der Waals surface area contributed by atoms with Gasteiger partial charge in [-0.1, -0.05) is 20.3 Å². The highest BCUT2D eigenvalue weighted by molar-refractivity contribution is 5.98. The molecule has 1 aromatic rings. The summed E-state index contributed by atoms with van der Waals surface area (Å²) in [5, 5.41) is 0. The van der Waals surface area contributed by atoms with Gasteiger partial charge in [0.2, 0.25) is 0 Å². The molecule has 0 aliphatic rings. The van der Waals surface area contributed by atoms with Crippen LogP contribution in [-0.2, 0) is 0 Å². The standard InChI is InChI=1S/C12H19N3O/c1-4-9(2)8-15(3)12(16)10-5-6-14-7-11(10)13/h5-7,9H,4,8,13H2,1-3H3. The zero-order valence-corrected chi connectivity index (χ0v) is 10.1. The number of nitrogen functional groups attached to an aromatic ring is 1. The maximum absolute atomic E-state index is 12.0. The van der Waals surface area contributed by atoms with Crippen LogP contribution in [0.3, 0.4) is 0 Å². The van der Waals surface area contributed by atoms with E-state index in [2.05, 4.69) is 18.8 Å². The lowest BCUT2D eigenvalue weighted by Crippen LogP contribution is -2.31. The van der Waals surface area contributed by atoms with Crippen LogP contribution in [0.1, 0.15) is 30.6 Å². The van der Waals surface area contributed by atoms with Gasteiger partial charge in [0.05, 0.1) is 17.4 Å². The summed E-state index contributed by atoms with van der Waals surface area (Å²) in [5.41, 5.74) is 6.67. The van der Waals surface area contributed by atoms with Crippen molar-refractivity contribution in [3.8, 4) is 0 Å². The van der Waals surface area contributed by atoms with Crippen molar-refractivity contribution in [1.82, 2.24) is 9.88 Å². The van der Waals surface area contributed by atoms with Crippen molar-refractivity contribution < 1.29 is 4.79 Å². The normalized spacial score (nSPS) is 12.2. The molecule has 0 spiro atoms. The summed E-state index contributed by atoms with van der Waals surface area (Å²) in [6.07, 6.45) is 4.15. The molecule has 0 aromatic carbocycles. The average Bonchev–Trinajstić information content (AvgIpc) is 2.28. The van der Waals surface area contributed by atoms with Gasteiger partial charge in [-0.05, 0) is 12.0 Å². The molecular weight excluding hydrogens is 202 g/mol. The third-order valence-electron chi connectivity index (χ3n) is 2.71. The molecule has 0 aliphatic heterocycles. The highest BCUT2D eigenvalue weighted by Crippen LogP contribution is 2.12. The molecular formula is C12H19N3O. The lowest BCUT2D eigenvalue weighted by molar-refractivity contribution is 0.0776. The monoisotopic (exact) mass is 221 g/mol. The van der Waals surface area contributed by atoms with Gasteiger partial charge < -0.3 is 10.6 Å². The number of amides is 1. The van der Waals surface area contributed by atoms with Crippen molar-refractivity contribution in [2.24, 2.45) is 5.92 Å². The molecule has 0 saturated carbocycles. The SMILES string of the molecule is CCC(C)CN(C)C(=O)c1ccncc1N. The summed E-state index contributed by atoms with van der Waals surface area (Å²) < 4.78 is 0. The molecule has 88 valence electrons. The summed E-state index contributed by atoms with van der Waals surface area (Å²) >= 11 is 0. The van der Waals surface area contributed by atoms with Gasteiger partial charge >= 0.3 is 0 Å². The fourth-order valence-corrected chi connectivity index (χ4v) is 1.49. The van der Waals surface area contributed by atoms with Crippen molar-refractivity contribution in [2.75, 3.05) is 19.3 Å². The first-order valence-electron chi connectivity index (χ1n) is 5.51. The molecule has 1 aromatic heterocycles. The molecule has 0 radical (unpaired) electrons. The van der Waals surface area contributed by atoms with E-state index in [4.69, 9.17) is 5.73 Å². The number of rotatable bonds is 4. The highest BCUT2D eigenvalue weighted by atomic mass is 16.2. The molecule has 0 bridgehead atoms. The predicted octanol–water partition coefficient (Wildman–Crippen LogP) is 1.78. The Kier molecular flexibility index (Phi) is 4.28. The summed E-state index contributed by atoms with van der Waals surface area (Å²) in [4.78, 5) is 17.6. The molecule has 4 nitrogen and oxygen atoms in total. The van der Waals surface area contributed by atoms with Gasteiger partial charge in [-0.2, -0.15) is 0 Å². The quantitative estimate of drug-likeness (QED) is 0.843. The van der Waals surface area contributed by atoms with Gasteiger partial charge in [-0.3, -0.25) is 9.78 Å². The van der Waals surface area contributed by atoms with Crippen molar-refractivity contribution >= 4 is 11.6 Å². The number of nitrogens with two attached hydrogens (primary N) is 1. The Morgan fingerprint density at radius 1 is 1.62 bits per heavy atom. The Hall–Kier alpha value is -1.58. The molecule has 0 fully saturated rings. The molecule has 0 saturated heterocycles. The molecule has 4 heteroatoms. The van der Waals surface area contributed by atoms with Crippen molar-refractivity contribution in [1.29, 1.82) is 0 Å². The van der Waals surface area contributed by atoms with Gasteiger partial charge in [0, 0.05) is 19.8 Å². The zero-order valence-electron chi connectivity index (χ0n) is 10.1. The fourth-order valence-electron chi connectivity index (χ4n) is 1.49. The van der Waals surface area contributed by atoms with Gasteiger partial charge in [0.25, 0.3) is 5.91 Å². The van der Waals surface area contributed by atoms with Crippen molar-refractivity contribution in [2.45, 2.75) is 20.3 Å². The van der Waals surface area contributed by atoms with E-state index in [-0.39, 0.29) is 5.91 Å². The maximum atomic E-state index is 12.0. The van der Waals surface area contributed by atoms with E-state index in [9.17, 15) is 4.79 Å². The number of nitrogens with zero attached hydrogens (tertiary/aromatic N) is 2. The Balaban J connectivity index is 2.75. The smallest absolute Gasteiger partial charge is 0.255 e. The third kappa shape index (κ3) is 2.95. The highest BCUT2D eigenvalue weighted by Gasteiger charge is 2.15. The second-order valence-electron chi connectivity index (χ2n) is 4.16. The van der Waals surface area contributed by atoms with E-state index in [0.29, 0.717) is 17.2 Å². The molecule has 1 amide bonds. The number of pyridine rings is 1. The summed E-state index contributed by atoms with van der Waals surface area (Å²) in [6.45, 7) is 4.99. The lowest BCUT2D eigenvalue weighted by Gasteiger charge is -2.21. The van der Waals surface area contributed by atoms with Gasteiger partial charge in [0.15, 0.2) is 0 Å². The van der Waals surface area contributed by atoms with E-state index < -0.39 is 0 Å². The van der Waals surface area contributed by atoms with Crippen LogP contribution in [0.5, 0.6) is 0 Å². The third-order valence-corrected chi connectivity index (χ3v) is 2.71. The lowest BCUT2D eigenvalue weighted by atomic mass is 10.1. The largest absolute Gasteiger partial charge is 0.397 e. The number of anilines is 1. The van der Waals surface area contributed by atoms with Crippen molar-refractivity contribution in [3.05, 3.63) is 24.0 Å². The van der Waals surface area contributed by atoms with E-state index in [1.165, 1.54) is 6.20 Å². The molecule has 2 N–H and O–H groups in total. The minimum absolute atomic E-state index is 0.0415. The number of carbonyl (C=O) groups excluding carboxylic acids is 1. The number of hydrogen-bond donors (Lipinski definition) is 1. The van der Waals surface area contributed by atoms with Crippen LogP contribution in [0.15, 0.2) is 18.5 Å². The maximum Gasteiger partial charge on any atom is 0.255 e. The summed E-state index contributed by atoms with van der Waals surface area (Å²) in [6, 6.07) is 1.66. The van der Waals surface area contributed by atoms with Crippen LogP contribution in [-0.4, -0.2) is 29.4 Å². The Labute approximate surface area is 96.5 Å². The van der Waals surface area contributed by atoms with Crippen LogP contribution in [0.25, 0.3) is 0 Å². The predicted molar refractivity (Wildman–Crippen MR) is 65.1 cm³/mol. The number of aromatic nitrogens is 1. The summed E-state index contributed by atoms with van der Waals surface area (Å²) in [7, 11) is 1.80. The first-order valence-corrected chi connectivity index (χ1v) is 5.51. The van der Waals surface area contributed by atoms with Gasteiger partial charge in [-0.25, -0.2) is 0 Å².